The van der Waals surface area contributed by atoms with Crippen LogP contribution >= 0.6 is 0 Å². The van der Waals surface area contributed by atoms with Crippen molar-refractivity contribution in [3.8, 4) is 5.75 Å². The molecule has 0 radical (unpaired) electrons. The van der Waals surface area contributed by atoms with Gasteiger partial charge in [-0.3, -0.25) is 0 Å². The summed E-state index contributed by atoms with van der Waals surface area (Å²) in [5.74, 6) is -0.0619. The fourth-order valence-corrected chi connectivity index (χ4v) is 4.30. The van der Waals surface area contributed by atoms with Gasteiger partial charge in [0, 0.05) is 5.39 Å². The average molecular weight is 463 g/mol. The van der Waals surface area contributed by atoms with Crippen LogP contribution in [0.1, 0.15) is 41.2 Å². The first-order valence-electron chi connectivity index (χ1n) is 11.8. The molecule has 34 heavy (non-hydrogen) atoms. The van der Waals surface area contributed by atoms with Crippen LogP contribution < -0.4 is 4.74 Å². The van der Waals surface area contributed by atoms with Gasteiger partial charge in [-0.05, 0) is 77.4 Å². The van der Waals surface area contributed by atoms with Crippen molar-refractivity contribution in [3.63, 3.8) is 0 Å². The molecule has 0 fully saturated rings. The number of aryl methyl sites for hydroxylation is 5. The maximum atomic E-state index is 15.2. The molecule has 4 aromatic rings. The van der Waals surface area contributed by atoms with E-state index in [4.69, 9.17) is 0 Å². The summed E-state index contributed by atoms with van der Waals surface area (Å²) in [5.41, 5.74) is 5.49. The topological polar surface area (TPSA) is 9.23 Å². The maximum Gasteiger partial charge on any atom is 0.387 e. The predicted molar refractivity (Wildman–Crippen MR) is 132 cm³/mol. The molecule has 1 nitrogen and oxygen atoms in total. The smallest absolute Gasteiger partial charge is 0.387 e. The number of ether oxygens (including phenoxy) is 1. The molecule has 4 aromatic carbocycles. The van der Waals surface area contributed by atoms with Gasteiger partial charge in [-0.2, -0.15) is 8.78 Å². The fourth-order valence-electron chi connectivity index (χ4n) is 4.30. The van der Waals surface area contributed by atoms with E-state index in [9.17, 15) is 8.78 Å². The summed E-state index contributed by atoms with van der Waals surface area (Å²) in [7, 11) is 0. The highest BCUT2D eigenvalue weighted by molar-refractivity contribution is 5.84. The Balaban J connectivity index is 1.39. The van der Waals surface area contributed by atoms with Gasteiger partial charge in [0.05, 0.1) is 0 Å². The number of halogens is 3. The molecule has 0 heterocycles. The number of benzene rings is 4. The Morgan fingerprint density at radius 3 is 1.85 bits per heavy atom. The lowest BCUT2D eigenvalue weighted by Gasteiger charge is -2.10. The Bertz CT molecular complexity index is 1210. The monoisotopic (exact) mass is 462 g/mol. The largest absolute Gasteiger partial charge is 0.435 e. The lowest BCUT2D eigenvalue weighted by Crippen LogP contribution is -2.02. The van der Waals surface area contributed by atoms with Crippen molar-refractivity contribution in [2.75, 3.05) is 0 Å². The molecule has 0 unspecified atom stereocenters. The van der Waals surface area contributed by atoms with Gasteiger partial charge in [0.15, 0.2) is 0 Å². The molecule has 0 bridgehead atoms. The molecule has 0 atom stereocenters. The third-order valence-electron chi connectivity index (χ3n) is 6.19. The number of hydrogen-bond donors (Lipinski definition) is 0. The lowest BCUT2D eigenvalue weighted by molar-refractivity contribution is -0.0498. The SMILES string of the molecule is CCCc1ccc(CCc2ccc3c(F)c(CCc4ccc(OC(F)F)cc4)ccc3c2)cc1. The minimum atomic E-state index is -2.84. The highest BCUT2D eigenvalue weighted by Crippen LogP contribution is 2.25. The second kappa shape index (κ2) is 11.2. The van der Waals surface area contributed by atoms with E-state index in [2.05, 4.69) is 42.0 Å². The lowest BCUT2D eigenvalue weighted by atomic mass is 9.97. The predicted octanol–water partition coefficient (Wildman–Crippen LogP) is 8.10. The van der Waals surface area contributed by atoms with E-state index < -0.39 is 6.61 Å². The van der Waals surface area contributed by atoms with Gasteiger partial charge >= 0.3 is 6.61 Å². The van der Waals surface area contributed by atoms with Crippen molar-refractivity contribution in [1.82, 2.24) is 0 Å². The number of alkyl halides is 2. The number of rotatable bonds is 10. The van der Waals surface area contributed by atoms with E-state index in [0.29, 0.717) is 23.8 Å². The summed E-state index contributed by atoms with van der Waals surface area (Å²) in [5, 5.41) is 1.54. The van der Waals surface area contributed by atoms with Gasteiger partial charge in [0.25, 0.3) is 0 Å². The average Bonchev–Trinajstić information content (AvgIpc) is 2.84. The highest BCUT2D eigenvalue weighted by atomic mass is 19.3. The van der Waals surface area contributed by atoms with Crippen molar-refractivity contribution in [2.45, 2.75) is 52.1 Å². The Hall–Kier alpha value is -3.27. The van der Waals surface area contributed by atoms with Crippen LogP contribution in [0.2, 0.25) is 0 Å². The zero-order valence-electron chi connectivity index (χ0n) is 19.4. The van der Waals surface area contributed by atoms with Crippen LogP contribution in [0.3, 0.4) is 0 Å². The van der Waals surface area contributed by atoms with Crippen molar-refractivity contribution >= 4 is 10.8 Å². The summed E-state index contributed by atoms with van der Waals surface area (Å²) in [4.78, 5) is 0. The molecule has 0 amide bonds. The van der Waals surface area contributed by atoms with Gasteiger partial charge in [0.1, 0.15) is 11.6 Å². The van der Waals surface area contributed by atoms with Gasteiger partial charge in [0.2, 0.25) is 0 Å². The molecule has 176 valence electrons. The quantitative estimate of drug-likeness (QED) is 0.231. The molecular formula is C30H29F3O. The summed E-state index contributed by atoms with van der Waals surface area (Å²) in [6.07, 6.45) is 5.29. The third kappa shape index (κ3) is 6.19. The van der Waals surface area contributed by atoms with E-state index >= 15 is 4.39 Å². The Labute approximate surface area is 199 Å². The molecule has 0 aromatic heterocycles. The first-order chi connectivity index (χ1) is 16.5. The van der Waals surface area contributed by atoms with Crippen molar-refractivity contribution < 1.29 is 17.9 Å². The minimum Gasteiger partial charge on any atom is -0.435 e. The Morgan fingerprint density at radius 2 is 1.21 bits per heavy atom. The van der Waals surface area contributed by atoms with E-state index in [-0.39, 0.29) is 11.6 Å². The summed E-state index contributed by atoms with van der Waals surface area (Å²) in [6.45, 7) is -0.649. The Morgan fingerprint density at radius 1 is 0.647 bits per heavy atom. The van der Waals surface area contributed by atoms with E-state index in [1.54, 1.807) is 12.1 Å². The molecule has 0 saturated carbocycles. The van der Waals surface area contributed by atoms with Gasteiger partial charge < -0.3 is 4.74 Å². The van der Waals surface area contributed by atoms with Crippen LogP contribution in [0, 0.1) is 5.82 Å². The fraction of sp³-hybridized carbons (Fsp3) is 0.267. The zero-order chi connectivity index (χ0) is 23.9. The van der Waals surface area contributed by atoms with E-state index in [1.807, 2.05) is 24.3 Å². The molecule has 4 rings (SSSR count). The first-order valence-corrected chi connectivity index (χ1v) is 11.8. The van der Waals surface area contributed by atoms with Crippen LogP contribution in [0.5, 0.6) is 5.75 Å². The second-order valence-corrected chi connectivity index (χ2v) is 8.68. The second-order valence-electron chi connectivity index (χ2n) is 8.68. The van der Waals surface area contributed by atoms with Crippen molar-refractivity contribution in [3.05, 3.63) is 112 Å². The van der Waals surface area contributed by atoms with Gasteiger partial charge in [-0.25, -0.2) is 4.39 Å². The summed E-state index contributed by atoms with van der Waals surface area (Å²) < 4.78 is 44.1. The number of fused-ring (bicyclic) bond motifs is 1. The summed E-state index contributed by atoms with van der Waals surface area (Å²) in [6, 6.07) is 25.1. The first kappa shape index (κ1) is 23.9. The number of hydrogen-bond acceptors (Lipinski definition) is 1. The maximum absolute atomic E-state index is 15.2. The van der Waals surface area contributed by atoms with E-state index in [1.165, 1.54) is 28.8 Å². The van der Waals surface area contributed by atoms with Crippen LogP contribution in [0.4, 0.5) is 13.2 Å². The third-order valence-corrected chi connectivity index (χ3v) is 6.19. The summed E-state index contributed by atoms with van der Waals surface area (Å²) >= 11 is 0. The van der Waals surface area contributed by atoms with Crippen LogP contribution in [-0.4, -0.2) is 6.61 Å². The molecular weight excluding hydrogens is 433 g/mol. The van der Waals surface area contributed by atoms with Crippen molar-refractivity contribution in [1.29, 1.82) is 0 Å². The van der Waals surface area contributed by atoms with Crippen LogP contribution in [0.25, 0.3) is 10.8 Å². The molecule has 0 saturated heterocycles. The van der Waals surface area contributed by atoms with Crippen LogP contribution in [0.15, 0.2) is 78.9 Å². The highest BCUT2D eigenvalue weighted by Gasteiger charge is 2.09. The molecule has 0 spiro atoms. The molecule has 0 aliphatic heterocycles. The van der Waals surface area contributed by atoms with E-state index in [0.717, 1.165) is 36.6 Å². The molecule has 4 heteroatoms. The van der Waals surface area contributed by atoms with Gasteiger partial charge in [-0.1, -0.05) is 80.1 Å². The molecule has 0 N–H and O–H groups in total. The molecule has 0 aliphatic carbocycles. The van der Waals surface area contributed by atoms with Crippen molar-refractivity contribution in [2.24, 2.45) is 0 Å². The Kier molecular flexibility index (Phi) is 7.89. The minimum absolute atomic E-state index is 0.125. The van der Waals surface area contributed by atoms with Gasteiger partial charge in [-0.15, -0.1) is 0 Å². The molecule has 0 aliphatic rings. The normalized spacial score (nSPS) is 11.3. The zero-order valence-corrected chi connectivity index (χ0v) is 19.4. The standard InChI is InChI=1S/C30H29F3O/c1-2-3-21-4-6-22(7-5-21)8-9-24-13-19-28-26(20-24)16-15-25(29(28)31)14-10-23-11-17-27(18-12-23)34-30(32)33/h4-7,11-13,15-20,30H,2-3,8-10,14H2,1H3. The van der Waals surface area contributed by atoms with Crippen LogP contribution in [-0.2, 0) is 32.1 Å².